The predicted molar refractivity (Wildman–Crippen MR) is 83.4 cm³/mol. The number of carbonyl (C=O) groups excluding carboxylic acids is 2. The summed E-state index contributed by atoms with van der Waals surface area (Å²) in [6, 6.07) is 0. The van der Waals surface area contributed by atoms with Crippen LogP contribution in [0.3, 0.4) is 0 Å². The standard InChI is InChI=1S/C18H28O5/c1-3-11(2)17(21)22-9-15(19)23-10-18-6-12-4-13(7-18)16(20)14(5-12)8-18/h11-14,16,20H,3-10H2,1-2H3. The molecule has 4 fully saturated rings. The topological polar surface area (TPSA) is 72.8 Å². The third kappa shape index (κ3) is 3.39. The van der Waals surface area contributed by atoms with Crippen LogP contribution < -0.4 is 0 Å². The van der Waals surface area contributed by atoms with E-state index < -0.39 is 5.97 Å². The first-order chi connectivity index (χ1) is 10.9. The summed E-state index contributed by atoms with van der Waals surface area (Å²) in [5.74, 6) is 0.442. The van der Waals surface area contributed by atoms with E-state index in [1.54, 1.807) is 6.92 Å². The van der Waals surface area contributed by atoms with Crippen LogP contribution in [0.25, 0.3) is 0 Å². The highest BCUT2D eigenvalue weighted by Gasteiger charge is 2.55. The molecule has 4 aliphatic carbocycles. The van der Waals surface area contributed by atoms with Gasteiger partial charge in [-0.05, 0) is 56.3 Å². The van der Waals surface area contributed by atoms with Crippen molar-refractivity contribution in [1.82, 2.24) is 0 Å². The second-order valence-electron chi connectivity index (χ2n) is 8.04. The molecule has 0 spiro atoms. The Balaban J connectivity index is 1.47. The van der Waals surface area contributed by atoms with Crippen LogP contribution in [0, 0.1) is 29.1 Å². The van der Waals surface area contributed by atoms with Gasteiger partial charge in [0.25, 0.3) is 0 Å². The van der Waals surface area contributed by atoms with E-state index in [0.29, 0.717) is 30.8 Å². The Morgan fingerprint density at radius 1 is 1.17 bits per heavy atom. The highest BCUT2D eigenvalue weighted by molar-refractivity contribution is 5.77. The molecule has 0 amide bonds. The normalized spacial score (nSPS) is 39.1. The quantitative estimate of drug-likeness (QED) is 0.759. The monoisotopic (exact) mass is 324 g/mol. The van der Waals surface area contributed by atoms with Gasteiger partial charge in [-0.15, -0.1) is 0 Å². The molecule has 1 N–H and O–H groups in total. The lowest BCUT2D eigenvalue weighted by Crippen LogP contribution is -2.55. The van der Waals surface area contributed by atoms with Gasteiger partial charge in [0.15, 0.2) is 6.61 Å². The summed E-state index contributed by atoms with van der Waals surface area (Å²) in [4.78, 5) is 23.4. The van der Waals surface area contributed by atoms with E-state index in [4.69, 9.17) is 9.47 Å². The number of aliphatic hydroxyl groups excluding tert-OH is 1. The number of carbonyl (C=O) groups is 2. The third-order valence-corrected chi connectivity index (χ3v) is 6.24. The van der Waals surface area contributed by atoms with Crippen molar-refractivity contribution in [1.29, 1.82) is 0 Å². The minimum Gasteiger partial charge on any atom is -0.463 e. The van der Waals surface area contributed by atoms with Crippen LogP contribution in [-0.2, 0) is 19.1 Å². The van der Waals surface area contributed by atoms with E-state index in [1.165, 1.54) is 0 Å². The maximum Gasteiger partial charge on any atom is 0.344 e. The molecule has 4 aliphatic rings. The molecule has 5 nitrogen and oxygen atoms in total. The molecule has 0 aromatic rings. The van der Waals surface area contributed by atoms with Gasteiger partial charge in [-0.25, -0.2) is 4.79 Å². The zero-order valence-electron chi connectivity index (χ0n) is 14.1. The Kier molecular flexibility index (Phi) is 4.68. The largest absolute Gasteiger partial charge is 0.463 e. The molecule has 0 aromatic carbocycles. The molecule has 4 bridgehead atoms. The molecular weight excluding hydrogens is 296 g/mol. The fourth-order valence-corrected chi connectivity index (χ4v) is 5.06. The number of rotatable bonds is 6. The summed E-state index contributed by atoms with van der Waals surface area (Å²) in [6.45, 7) is 3.81. The molecule has 0 radical (unpaired) electrons. The third-order valence-electron chi connectivity index (χ3n) is 6.24. The molecule has 3 unspecified atom stereocenters. The highest BCUT2D eigenvalue weighted by atomic mass is 16.6. The zero-order chi connectivity index (χ0) is 16.6. The van der Waals surface area contributed by atoms with Crippen molar-refractivity contribution >= 4 is 11.9 Å². The zero-order valence-corrected chi connectivity index (χ0v) is 14.1. The molecule has 0 aliphatic heterocycles. The first-order valence-electron chi connectivity index (χ1n) is 8.93. The molecule has 5 heteroatoms. The molecular formula is C18H28O5. The number of esters is 2. The van der Waals surface area contributed by atoms with Gasteiger partial charge < -0.3 is 14.6 Å². The van der Waals surface area contributed by atoms with Crippen molar-refractivity contribution in [3.63, 3.8) is 0 Å². The van der Waals surface area contributed by atoms with Gasteiger partial charge in [0.2, 0.25) is 0 Å². The van der Waals surface area contributed by atoms with E-state index in [-0.39, 0.29) is 30.0 Å². The van der Waals surface area contributed by atoms with Crippen LogP contribution in [0.5, 0.6) is 0 Å². The smallest absolute Gasteiger partial charge is 0.344 e. The average molecular weight is 324 g/mol. The van der Waals surface area contributed by atoms with Gasteiger partial charge in [-0.2, -0.15) is 0 Å². The molecule has 0 heterocycles. The van der Waals surface area contributed by atoms with Crippen molar-refractivity contribution < 1.29 is 24.2 Å². The van der Waals surface area contributed by atoms with Gasteiger partial charge in [-0.3, -0.25) is 4.79 Å². The molecule has 4 rings (SSSR count). The summed E-state index contributed by atoms with van der Waals surface area (Å²) in [5.41, 5.74) is 0.0477. The number of aliphatic hydroxyl groups is 1. The Morgan fingerprint density at radius 2 is 1.83 bits per heavy atom. The minimum atomic E-state index is -0.460. The maximum atomic E-state index is 11.9. The number of hydrogen-bond acceptors (Lipinski definition) is 5. The summed E-state index contributed by atoms with van der Waals surface area (Å²) in [7, 11) is 0. The fraction of sp³-hybridized carbons (Fsp3) is 0.889. The average Bonchev–Trinajstić information content (AvgIpc) is 2.54. The van der Waals surface area contributed by atoms with Crippen LogP contribution in [0.2, 0.25) is 0 Å². The molecule has 3 atom stereocenters. The van der Waals surface area contributed by atoms with Crippen molar-refractivity contribution in [2.24, 2.45) is 29.1 Å². The van der Waals surface area contributed by atoms with Gasteiger partial charge in [-0.1, -0.05) is 13.8 Å². The van der Waals surface area contributed by atoms with Crippen molar-refractivity contribution in [3.05, 3.63) is 0 Å². The van der Waals surface area contributed by atoms with E-state index in [9.17, 15) is 14.7 Å². The lowest BCUT2D eigenvalue weighted by molar-refractivity contribution is -0.176. The minimum absolute atomic E-state index is 0.0477. The van der Waals surface area contributed by atoms with Gasteiger partial charge in [0.05, 0.1) is 18.6 Å². The van der Waals surface area contributed by atoms with Crippen molar-refractivity contribution in [3.8, 4) is 0 Å². The molecule has 130 valence electrons. The lowest BCUT2D eigenvalue weighted by atomic mass is 9.49. The fourth-order valence-electron chi connectivity index (χ4n) is 5.06. The van der Waals surface area contributed by atoms with Crippen LogP contribution in [0.4, 0.5) is 0 Å². The molecule has 0 saturated heterocycles. The number of ether oxygens (including phenoxy) is 2. The predicted octanol–water partition coefficient (Wildman–Crippen LogP) is 2.31. The first-order valence-corrected chi connectivity index (χ1v) is 8.93. The summed E-state index contributed by atoms with van der Waals surface area (Å²) in [5, 5.41) is 10.3. The van der Waals surface area contributed by atoms with Gasteiger partial charge >= 0.3 is 11.9 Å². The van der Waals surface area contributed by atoms with Crippen LogP contribution in [0.1, 0.15) is 52.4 Å². The Labute approximate surface area is 137 Å². The highest BCUT2D eigenvalue weighted by Crippen LogP contribution is 2.60. The summed E-state index contributed by atoms with van der Waals surface area (Å²) >= 11 is 0. The van der Waals surface area contributed by atoms with Crippen molar-refractivity contribution in [2.45, 2.75) is 58.5 Å². The van der Waals surface area contributed by atoms with E-state index >= 15 is 0 Å². The van der Waals surface area contributed by atoms with E-state index in [2.05, 4.69) is 0 Å². The second kappa shape index (κ2) is 6.42. The van der Waals surface area contributed by atoms with Crippen molar-refractivity contribution in [2.75, 3.05) is 13.2 Å². The molecule has 4 saturated carbocycles. The Hall–Kier alpha value is -1.10. The van der Waals surface area contributed by atoms with Crippen LogP contribution in [-0.4, -0.2) is 36.4 Å². The van der Waals surface area contributed by atoms with E-state index in [1.807, 2.05) is 6.92 Å². The van der Waals surface area contributed by atoms with Gasteiger partial charge in [0, 0.05) is 5.41 Å². The Bertz CT molecular complexity index is 458. The first kappa shape index (κ1) is 16.7. The van der Waals surface area contributed by atoms with Crippen LogP contribution >= 0.6 is 0 Å². The SMILES string of the molecule is CCC(C)C(=O)OCC(=O)OCC12CC3CC(C1)C(O)C(C3)C2. The molecule has 0 aromatic heterocycles. The van der Waals surface area contributed by atoms with E-state index in [0.717, 1.165) is 32.1 Å². The van der Waals surface area contributed by atoms with Crippen LogP contribution in [0.15, 0.2) is 0 Å². The second-order valence-corrected chi connectivity index (χ2v) is 8.04. The summed E-state index contributed by atoms with van der Waals surface area (Å²) < 4.78 is 10.4. The van der Waals surface area contributed by atoms with Gasteiger partial charge in [0.1, 0.15) is 0 Å². The Morgan fingerprint density at radius 3 is 2.43 bits per heavy atom. The number of hydrogen-bond donors (Lipinski definition) is 1. The summed E-state index contributed by atoms with van der Waals surface area (Å²) in [6.07, 6.45) is 5.81. The molecule has 23 heavy (non-hydrogen) atoms. The maximum absolute atomic E-state index is 11.9. The lowest BCUT2D eigenvalue weighted by Gasteiger charge is -2.58.